The summed E-state index contributed by atoms with van der Waals surface area (Å²) in [6.07, 6.45) is -0.390. The number of aryl methyl sites for hydroxylation is 2. The number of hydrogen-bond donors (Lipinski definition) is 1. The Morgan fingerprint density at radius 2 is 1.91 bits per heavy atom. The fourth-order valence-corrected chi connectivity index (χ4v) is 3.62. The number of oxime groups is 1. The maximum Gasteiger partial charge on any atom is 0.416 e. The number of carbonyl (C=O) groups is 1. The topological polar surface area (TPSA) is 85.7 Å². The molecule has 35 heavy (non-hydrogen) atoms. The van der Waals surface area contributed by atoms with Gasteiger partial charge < -0.3 is 9.57 Å². The molecule has 0 bridgehead atoms. The number of nitrogens with one attached hydrogen (secondary N) is 1. The van der Waals surface area contributed by atoms with E-state index in [2.05, 4.69) is 20.4 Å². The van der Waals surface area contributed by atoms with Gasteiger partial charge in [0.2, 0.25) is 5.95 Å². The van der Waals surface area contributed by atoms with Crippen LogP contribution in [0.4, 0.5) is 19.1 Å². The minimum Gasteiger partial charge on any atom is -0.484 e. The molecule has 0 saturated heterocycles. The van der Waals surface area contributed by atoms with Crippen LogP contribution in [0.15, 0.2) is 59.9 Å². The van der Waals surface area contributed by atoms with Gasteiger partial charge in [-0.25, -0.2) is 9.97 Å². The van der Waals surface area contributed by atoms with E-state index in [9.17, 15) is 18.0 Å². The van der Waals surface area contributed by atoms with Gasteiger partial charge in [-0.1, -0.05) is 17.3 Å². The maximum atomic E-state index is 12.7. The van der Waals surface area contributed by atoms with E-state index in [0.717, 1.165) is 53.9 Å². The summed E-state index contributed by atoms with van der Waals surface area (Å²) in [5.41, 5.74) is 3.34. The largest absolute Gasteiger partial charge is 0.484 e. The van der Waals surface area contributed by atoms with Crippen LogP contribution in [-0.2, 0) is 28.8 Å². The molecule has 0 fully saturated rings. The molecule has 0 unspecified atom stereocenters. The van der Waals surface area contributed by atoms with Crippen LogP contribution in [0.3, 0.4) is 0 Å². The average Bonchev–Trinajstić information content (AvgIpc) is 2.82. The van der Waals surface area contributed by atoms with E-state index in [1.54, 1.807) is 25.3 Å². The molecule has 0 saturated carbocycles. The second-order valence-electron chi connectivity index (χ2n) is 8.04. The summed E-state index contributed by atoms with van der Waals surface area (Å²) in [7, 11) is 0. The number of ether oxygens (including phenoxy) is 1. The number of halogens is 3. The van der Waals surface area contributed by atoms with E-state index in [0.29, 0.717) is 11.3 Å². The molecule has 7 nitrogen and oxygen atoms in total. The number of carbonyl (C=O) groups excluding carboxylic acids is 1. The van der Waals surface area contributed by atoms with Gasteiger partial charge in [0.1, 0.15) is 12.4 Å². The van der Waals surface area contributed by atoms with Gasteiger partial charge in [0.25, 0.3) is 5.91 Å². The summed E-state index contributed by atoms with van der Waals surface area (Å²) in [4.78, 5) is 25.7. The van der Waals surface area contributed by atoms with E-state index in [-0.39, 0.29) is 25.1 Å². The van der Waals surface area contributed by atoms with Gasteiger partial charge in [-0.05, 0) is 73.7 Å². The van der Waals surface area contributed by atoms with Crippen molar-refractivity contribution in [2.75, 3.05) is 11.9 Å². The Kier molecular flexibility index (Phi) is 7.28. The Morgan fingerprint density at radius 1 is 1.11 bits per heavy atom. The van der Waals surface area contributed by atoms with Gasteiger partial charge in [0.05, 0.1) is 11.3 Å². The van der Waals surface area contributed by atoms with Crippen molar-refractivity contribution in [2.45, 2.75) is 39.0 Å². The lowest BCUT2D eigenvalue weighted by Gasteiger charge is -2.18. The number of anilines is 1. The van der Waals surface area contributed by atoms with Gasteiger partial charge in [0.15, 0.2) is 6.61 Å². The summed E-state index contributed by atoms with van der Waals surface area (Å²) >= 11 is 0. The Balaban J connectivity index is 1.33. The van der Waals surface area contributed by atoms with E-state index in [1.807, 2.05) is 12.1 Å². The Bertz CT molecular complexity index is 1230. The van der Waals surface area contributed by atoms with Crippen LogP contribution >= 0.6 is 0 Å². The van der Waals surface area contributed by atoms with Crippen molar-refractivity contribution >= 4 is 17.6 Å². The van der Waals surface area contributed by atoms with Crippen LogP contribution in [-0.4, -0.2) is 28.2 Å². The third-order valence-electron chi connectivity index (χ3n) is 5.35. The van der Waals surface area contributed by atoms with Gasteiger partial charge in [-0.3, -0.25) is 10.1 Å². The minimum absolute atomic E-state index is 0.0674. The van der Waals surface area contributed by atoms with Crippen LogP contribution in [0.25, 0.3) is 0 Å². The number of fused-ring (bicyclic) bond motifs is 1. The molecule has 1 aromatic heterocycles. The number of benzene rings is 2. The number of rotatable bonds is 7. The van der Waals surface area contributed by atoms with E-state index >= 15 is 0 Å². The molecular weight excluding hydrogens is 461 g/mol. The molecule has 182 valence electrons. The number of hydrogen-bond acceptors (Lipinski definition) is 6. The minimum atomic E-state index is -4.37. The zero-order valence-corrected chi connectivity index (χ0v) is 18.9. The van der Waals surface area contributed by atoms with Crippen LogP contribution in [0.5, 0.6) is 5.75 Å². The lowest BCUT2D eigenvalue weighted by atomic mass is 9.90. The van der Waals surface area contributed by atoms with E-state index in [4.69, 9.17) is 9.57 Å². The van der Waals surface area contributed by atoms with E-state index < -0.39 is 11.7 Å². The summed E-state index contributed by atoms with van der Waals surface area (Å²) in [6.45, 7) is 1.68. The zero-order chi connectivity index (χ0) is 24.8. The molecule has 4 rings (SSSR count). The first-order valence-corrected chi connectivity index (χ1v) is 11.0. The molecule has 1 aliphatic rings. The highest BCUT2D eigenvalue weighted by Gasteiger charge is 2.29. The highest BCUT2D eigenvalue weighted by atomic mass is 19.4. The van der Waals surface area contributed by atoms with Crippen molar-refractivity contribution in [1.82, 2.24) is 9.97 Å². The number of amides is 1. The lowest BCUT2D eigenvalue weighted by Crippen LogP contribution is -2.21. The smallest absolute Gasteiger partial charge is 0.416 e. The molecule has 3 aromatic rings. The van der Waals surface area contributed by atoms with Crippen molar-refractivity contribution in [3.8, 4) is 5.75 Å². The molecule has 1 amide bonds. The average molecular weight is 484 g/mol. The molecule has 0 aliphatic heterocycles. The van der Waals surface area contributed by atoms with Crippen LogP contribution in [0, 0.1) is 6.92 Å². The first kappa shape index (κ1) is 24.2. The second kappa shape index (κ2) is 10.5. The molecule has 10 heteroatoms. The molecule has 2 aromatic carbocycles. The van der Waals surface area contributed by atoms with Crippen LogP contribution < -0.4 is 10.1 Å². The summed E-state index contributed by atoms with van der Waals surface area (Å²) in [6, 6.07) is 12.0. The summed E-state index contributed by atoms with van der Waals surface area (Å²) < 4.78 is 43.7. The molecule has 1 N–H and O–H groups in total. The Morgan fingerprint density at radius 3 is 2.66 bits per heavy atom. The van der Waals surface area contributed by atoms with Crippen molar-refractivity contribution < 1.29 is 27.5 Å². The fraction of sp³-hybridized carbons (Fsp3) is 0.280. The van der Waals surface area contributed by atoms with Crippen LogP contribution in [0.1, 0.15) is 40.8 Å². The molecule has 0 spiro atoms. The second-order valence-corrected chi connectivity index (χ2v) is 8.04. The molecule has 0 atom stereocenters. The van der Waals surface area contributed by atoms with Crippen LogP contribution in [0.2, 0.25) is 0 Å². The van der Waals surface area contributed by atoms with Gasteiger partial charge in [-0.15, -0.1) is 0 Å². The molecule has 0 radical (unpaired) electrons. The standard InChI is InChI=1S/C25H23F3N4O3/c1-16-11-12-29-24(30-16)31-23(33)15-34-20-9-10-21-18(13-20)3-2-4-22(21)32-35-14-17-5-7-19(8-6-17)25(26,27)28/h5-13H,2-4,14-15H2,1H3,(H,29,30,31,33). The molecule has 1 aliphatic carbocycles. The summed E-state index contributed by atoms with van der Waals surface area (Å²) in [5.74, 6) is 0.407. The fourth-order valence-electron chi connectivity index (χ4n) is 3.62. The van der Waals surface area contributed by atoms with Gasteiger partial charge >= 0.3 is 6.18 Å². The van der Waals surface area contributed by atoms with Gasteiger partial charge in [-0.2, -0.15) is 13.2 Å². The van der Waals surface area contributed by atoms with Gasteiger partial charge in [0, 0.05) is 17.5 Å². The number of nitrogens with zero attached hydrogens (tertiary/aromatic N) is 3. The number of aromatic nitrogens is 2. The Labute approximate surface area is 200 Å². The quantitative estimate of drug-likeness (QED) is 0.473. The van der Waals surface area contributed by atoms with Crippen molar-refractivity contribution in [1.29, 1.82) is 0 Å². The normalized spacial score (nSPS) is 14.3. The zero-order valence-electron chi connectivity index (χ0n) is 18.9. The lowest BCUT2D eigenvalue weighted by molar-refractivity contribution is -0.137. The molecular formula is C25H23F3N4O3. The third-order valence-corrected chi connectivity index (χ3v) is 5.35. The predicted molar refractivity (Wildman–Crippen MR) is 123 cm³/mol. The first-order valence-electron chi connectivity index (χ1n) is 11.0. The highest BCUT2D eigenvalue weighted by Crippen LogP contribution is 2.29. The number of alkyl halides is 3. The van der Waals surface area contributed by atoms with Crippen molar-refractivity contribution in [3.63, 3.8) is 0 Å². The first-order chi connectivity index (χ1) is 16.8. The maximum absolute atomic E-state index is 12.7. The highest BCUT2D eigenvalue weighted by molar-refractivity contribution is 6.02. The third kappa shape index (κ3) is 6.56. The van der Waals surface area contributed by atoms with Crippen molar-refractivity contribution in [2.24, 2.45) is 5.16 Å². The van der Waals surface area contributed by atoms with Crippen molar-refractivity contribution in [3.05, 3.63) is 82.7 Å². The SMILES string of the molecule is Cc1ccnc(NC(=O)COc2ccc3c(c2)CCCC3=NOCc2ccc(C(F)(F)F)cc2)n1. The summed E-state index contributed by atoms with van der Waals surface area (Å²) in [5, 5.41) is 6.82. The van der Waals surface area contributed by atoms with E-state index in [1.165, 1.54) is 12.1 Å². The predicted octanol–water partition coefficient (Wildman–Crippen LogP) is 5.08. The molecule has 1 heterocycles. The Hall–Kier alpha value is -3.95. The monoisotopic (exact) mass is 484 g/mol.